The quantitative estimate of drug-likeness (QED) is 0.685. The molecule has 0 saturated carbocycles. The van der Waals surface area contributed by atoms with E-state index in [9.17, 15) is 8.78 Å². The lowest BCUT2D eigenvalue weighted by Gasteiger charge is -2.13. The first-order valence-electron chi connectivity index (χ1n) is 3.32. The monoisotopic (exact) mass is 160 g/mol. The fraction of sp³-hybridized carbons (Fsp3) is 0.429. The topological polar surface area (TPSA) is 27.8 Å². The zero-order valence-corrected chi connectivity index (χ0v) is 6.20. The second-order valence-electron chi connectivity index (χ2n) is 2.33. The van der Waals surface area contributed by atoms with E-state index in [0.717, 1.165) is 0 Å². The average molecular weight is 160 g/mol. The molecule has 0 radical (unpaired) electrons. The van der Waals surface area contributed by atoms with E-state index in [1.54, 1.807) is 0 Å². The fourth-order valence-electron chi connectivity index (χ4n) is 0.875. The molecule has 4 heteroatoms. The number of aromatic amines is 1. The Morgan fingerprint density at radius 2 is 2.36 bits per heavy atom. The highest BCUT2D eigenvalue weighted by Crippen LogP contribution is 2.25. The predicted molar refractivity (Wildman–Crippen MR) is 38.6 cm³/mol. The van der Waals surface area contributed by atoms with Crippen molar-refractivity contribution in [1.29, 1.82) is 0 Å². The second kappa shape index (κ2) is 3.00. The van der Waals surface area contributed by atoms with Gasteiger partial charge in [-0.25, -0.2) is 0 Å². The van der Waals surface area contributed by atoms with Crippen molar-refractivity contribution in [2.45, 2.75) is 5.92 Å². The Morgan fingerprint density at radius 1 is 1.64 bits per heavy atom. The normalized spacial score (nSPS) is 11.9. The molecule has 0 aliphatic carbocycles. The van der Waals surface area contributed by atoms with Crippen LogP contribution in [0.1, 0.15) is 5.56 Å². The average Bonchev–Trinajstić information content (AvgIpc) is 2.37. The van der Waals surface area contributed by atoms with Crippen molar-refractivity contribution >= 4 is 0 Å². The maximum Gasteiger partial charge on any atom is 0.286 e. The van der Waals surface area contributed by atoms with Crippen LogP contribution in [0, 0.1) is 0 Å². The molecule has 0 unspecified atom stereocenters. The summed E-state index contributed by atoms with van der Waals surface area (Å²) < 4.78 is 25.8. The second-order valence-corrected chi connectivity index (χ2v) is 2.33. The van der Waals surface area contributed by atoms with E-state index >= 15 is 0 Å². The van der Waals surface area contributed by atoms with Crippen LogP contribution in [0.25, 0.3) is 0 Å². The summed E-state index contributed by atoms with van der Waals surface area (Å²) >= 11 is 0. The van der Waals surface area contributed by atoms with Gasteiger partial charge in [-0.2, -0.15) is 8.78 Å². The van der Waals surface area contributed by atoms with Gasteiger partial charge >= 0.3 is 0 Å². The molecule has 2 N–H and O–H groups in total. The van der Waals surface area contributed by atoms with E-state index in [4.69, 9.17) is 0 Å². The van der Waals surface area contributed by atoms with Gasteiger partial charge in [0, 0.05) is 18.0 Å². The number of hydrogen-bond acceptors (Lipinski definition) is 1. The molecule has 2 nitrogen and oxygen atoms in total. The first kappa shape index (κ1) is 8.20. The lowest BCUT2D eigenvalue weighted by Crippen LogP contribution is -2.27. The highest BCUT2D eigenvalue weighted by Gasteiger charge is 2.30. The molecule has 0 spiro atoms. The summed E-state index contributed by atoms with van der Waals surface area (Å²) in [7, 11) is 1.50. The van der Waals surface area contributed by atoms with Crippen molar-refractivity contribution in [3.05, 3.63) is 24.0 Å². The smallest absolute Gasteiger partial charge is 0.286 e. The van der Waals surface area contributed by atoms with Crippen molar-refractivity contribution in [1.82, 2.24) is 10.3 Å². The number of alkyl halides is 2. The van der Waals surface area contributed by atoms with Crippen LogP contribution in [0.3, 0.4) is 0 Å². The SMILES string of the molecule is CNCC(F)(F)c1cc[nH]c1. The molecule has 0 saturated heterocycles. The van der Waals surface area contributed by atoms with Gasteiger partial charge < -0.3 is 10.3 Å². The molecule has 1 rings (SSSR count). The van der Waals surface area contributed by atoms with E-state index in [2.05, 4.69) is 10.3 Å². The van der Waals surface area contributed by atoms with E-state index in [-0.39, 0.29) is 12.1 Å². The Kier molecular flexibility index (Phi) is 2.24. The Labute approximate surface area is 63.6 Å². The van der Waals surface area contributed by atoms with Crippen molar-refractivity contribution in [3.63, 3.8) is 0 Å². The summed E-state index contributed by atoms with van der Waals surface area (Å²) in [4.78, 5) is 2.59. The molecule has 1 heterocycles. The van der Waals surface area contributed by atoms with Crippen molar-refractivity contribution < 1.29 is 8.78 Å². The Hall–Kier alpha value is -0.900. The molecular formula is C7H10F2N2. The van der Waals surface area contributed by atoms with Gasteiger partial charge in [-0.15, -0.1) is 0 Å². The molecule has 0 amide bonds. The van der Waals surface area contributed by atoms with Crippen LogP contribution in [0.4, 0.5) is 8.78 Å². The zero-order valence-electron chi connectivity index (χ0n) is 6.20. The van der Waals surface area contributed by atoms with Gasteiger partial charge in [-0.3, -0.25) is 0 Å². The summed E-state index contributed by atoms with van der Waals surface area (Å²) in [6.07, 6.45) is 2.79. The summed E-state index contributed by atoms with van der Waals surface area (Å²) in [5.74, 6) is -2.77. The van der Waals surface area contributed by atoms with Gasteiger partial charge in [0.25, 0.3) is 5.92 Å². The Bertz CT molecular complexity index is 206. The molecule has 0 bridgehead atoms. The number of aromatic nitrogens is 1. The summed E-state index contributed by atoms with van der Waals surface area (Å²) in [6.45, 7) is -0.329. The summed E-state index contributed by atoms with van der Waals surface area (Å²) in [6, 6.07) is 1.37. The first-order valence-corrected chi connectivity index (χ1v) is 3.32. The largest absolute Gasteiger partial charge is 0.367 e. The molecular weight excluding hydrogens is 150 g/mol. The van der Waals surface area contributed by atoms with Gasteiger partial charge in [0.2, 0.25) is 0 Å². The predicted octanol–water partition coefficient (Wildman–Crippen LogP) is 1.33. The van der Waals surface area contributed by atoms with Gasteiger partial charge in [-0.05, 0) is 13.1 Å². The number of hydrogen-bond donors (Lipinski definition) is 2. The minimum atomic E-state index is -2.77. The molecule has 0 fully saturated rings. The standard InChI is InChI=1S/C7H10F2N2/c1-10-5-7(8,9)6-2-3-11-4-6/h2-4,10-11H,5H2,1H3. The van der Waals surface area contributed by atoms with Gasteiger partial charge in [0.15, 0.2) is 0 Å². The molecule has 62 valence electrons. The van der Waals surface area contributed by atoms with Crippen molar-refractivity contribution in [2.24, 2.45) is 0 Å². The van der Waals surface area contributed by atoms with Gasteiger partial charge in [0.05, 0.1) is 6.54 Å². The molecule has 0 aliphatic heterocycles. The van der Waals surface area contributed by atoms with E-state index in [1.165, 1.54) is 25.5 Å². The number of nitrogens with one attached hydrogen (secondary N) is 2. The number of likely N-dealkylation sites (N-methyl/N-ethyl adjacent to an activating group) is 1. The molecule has 11 heavy (non-hydrogen) atoms. The number of halogens is 2. The van der Waals surface area contributed by atoms with Crippen LogP contribution in [0.15, 0.2) is 18.5 Å². The minimum Gasteiger partial charge on any atom is -0.367 e. The zero-order chi connectivity index (χ0) is 8.32. The van der Waals surface area contributed by atoms with Crippen molar-refractivity contribution in [3.8, 4) is 0 Å². The summed E-state index contributed by atoms with van der Waals surface area (Å²) in [5.41, 5.74) is 0.0202. The molecule has 0 atom stereocenters. The van der Waals surface area contributed by atoms with Crippen LogP contribution < -0.4 is 5.32 Å². The van der Waals surface area contributed by atoms with Crippen LogP contribution >= 0.6 is 0 Å². The third-order valence-corrected chi connectivity index (χ3v) is 1.42. The van der Waals surface area contributed by atoms with Crippen LogP contribution in [-0.2, 0) is 5.92 Å². The molecule has 0 aliphatic rings. The molecule has 1 aromatic heterocycles. The number of rotatable bonds is 3. The highest BCUT2D eigenvalue weighted by atomic mass is 19.3. The van der Waals surface area contributed by atoms with Gasteiger partial charge in [-0.1, -0.05) is 0 Å². The van der Waals surface area contributed by atoms with Gasteiger partial charge in [0.1, 0.15) is 0 Å². The minimum absolute atomic E-state index is 0.0202. The fourth-order valence-corrected chi connectivity index (χ4v) is 0.875. The van der Waals surface area contributed by atoms with E-state index in [0.29, 0.717) is 0 Å². The van der Waals surface area contributed by atoms with E-state index in [1.807, 2.05) is 0 Å². The van der Waals surface area contributed by atoms with Crippen LogP contribution in [-0.4, -0.2) is 18.6 Å². The third kappa shape index (κ3) is 1.77. The lowest BCUT2D eigenvalue weighted by molar-refractivity contribution is -0.00110. The lowest BCUT2D eigenvalue weighted by atomic mass is 10.2. The third-order valence-electron chi connectivity index (χ3n) is 1.42. The Morgan fingerprint density at radius 3 is 2.82 bits per heavy atom. The van der Waals surface area contributed by atoms with Crippen LogP contribution in [0.2, 0.25) is 0 Å². The maximum absolute atomic E-state index is 12.9. The highest BCUT2D eigenvalue weighted by molar-refractivity contribution is 5.15. The Balaban J connectivity index is 2.73. The summed E-state index contributed by atoms with van der Waals surface area (Å²) in [5, 5.41) is 2.43. The number of H-pyrrole nitrogens is 1. The maximum atomic E-state index is 12.9. The first-order chi connectivity index (χ1) is 5.17. The van der Waals surface area contributed by atoms with Crippen molar-refractivity contribution in [2.75, 3.05) is 13.6 Å². The van der Waals surface area contributed by atoms with Crippen LogP contribution in [0.5, 0.6) is 0 Å². The molecule has 0 aromatic carbocycles. The van der Waals surface area contributed by atoms with E-state index < -0.39 is 5.92 Å². The molecule has 1 aromatic rings.